The number of nitrogens with two attached hydrogens (primary N) is 1. The summed E-state index contributed by atoms with van der Waals surface area (Å²) in [6.45, 7) is 2.76. The van der Waals surface area contributed by atoms with Gasteiger partial charge in [-0.15, -0.1) is 0 Å². The van der Waals surface area contributed by atoms with Crippen LogP contribution in [0.25, 0.3) is 0 Å². The van der Waals surface area contributed by atoms with Crippen molar-refractivity contribution in [1.82, 2.24) is 4.90 Å². The first-order valence-corrected chi connectivity index (χ1v) is 13.4. The summed E-state index contributed by atoms with van der Waals surface area (Å²) in [6, 6.07) is 14.5. The fourth-order valence-electron chi connectivity index (χ4n) is 4.74. The lowest BCUT2D eigenvalue weighted by atomic mass is 10.0. The van der Waals surface area contributed by atoms with Gasteiger partial charge in [0, 0.05) is 17.7 Å². The third-order valence-corrected chi connectivity index (χ3v) is 8.02. The highest BCUT2D eigenvalue weighted by Crippen LogP contribution is 2.39. The van der Waals surface area contributed by atoms with E-state index in [4.69, 9.17) is 15.9 Å². The van der Waals surface area contributed by atoms with Crippen LogP contribution >= 0.6 is 0 Å². The van der Waals surface area contributed by atoms with E-state index in [1.165, 1.54) is 0 Å². The largest absolute Gasteiger partial charge is 0.474 e. The Balaban J connectivity index is 1.34. The van der Waals surface area contributed by atoms with Crippen molar-refractivity contribution in [2.24, 2.45) is 5.73 Å². The van der Waals surface area contributed by atoms with Crippen molar-refractivity contribution < 1.29 is 22.5 Å². The highest BCUT2D eigenvalue weighted by atomic mass is 32.2. The van der Waals surface area contributed by atoms with Gasteiger partial charge >= 0.3 is 0 Å². The second-order valence-electron chi connectivity index (χ2n) is 9.11. The fraction of sp³-hybridized carbons (Fsp3) is 0.440. The van der Waals surface area contributed by atoms with Gasteiger partial charge in [-0.05, 0) is 63.5 Å². The molecule has 10 heteroatoms. The summed E-state index contributed by atoms with van der Waals surface area (Å²) in [6.07, 6.45) is 2.82. The second kappa shape index (κ2) is 10.8. The molecular formula is C25H32N4O5S. The summed E-state index contributed by atoms with van der Waals surface area (Å²) in [5.41, 5.74) is 7.59. The minimum atomic E-state index is -3.94. The van der Waals surface area contributed by atoms with Gasteiger partial charge in [0.05, 0.1) is 10.9 Å². The fourth-order valence-corrected chi connectivity index (χ4v) is 5.55. The predicted molar refractivity (Wildman–Crippen MR) is 134 cm³/mol. The number of amidine groups is 1. The third kappa shape index (κ3) is 6.01. The lowest BCUT2D eigenvalue weighted by Crippen LogP contribution is -2.42. The molecule has 0 aromatic heterocycles. The monoisotopic (exact) mass is 500 g/mol. The average Bonchev–Trinajstić information content (AvgIpc) is 2.84. The molecule has 9 nitrogen and oxygen atoms in total. The van der Waals surface area contributed by atoms with Gasteiger partial charge in [-0.1, -0.05) is 36.8 Å². The Morgan fingerprint density at radius 1 is 1.06 bits per heavy atom. The SMILES string of the molecule is N=C(N)c1cccc(C2Oc3ccccc3N(CCCCCN3CCC(S(=O)(=O)O)CC3)C2=O)c1. The van der Waals surface area contributed by atoms with Gasteiger partial charge in [-0.25, -0.2) is 0 Å². The number of anilines is 1. The first-order chi connectivity index (χ1) is 16.7. The molecule has 4 N–H and O–H groups in total. The van der Waals surface area contributed by atoms with Crippen molar-refractivity contribution in [3.63, 3.8) is 0 Å². The maximum atomic E-state index is 13.4. The number of rotatable bonds is 9. The van der Waals surface area contributed by atoms with Gasteiger partial charge < -0.3 is 20.3 Å². The Kier molecular flexibility index (Phi) is 7.73. The van der Waals surface area contributed by atoms with Crippen LogP contribution in [0.1, 0.15) is 49.3 Å². The Morgan fingerprint density at radius 2 is 1.77 bits per heavy atom. The number of nitrogens with zero attached hydrogens (tertiary/aromatic N) is 2. The number of carbonyl (C=O) groups is 1. The quantitative estimate of drug-likeness (QED) is 0.208. The Morgan fingerprint density at radius 3 is 2.49 bits per heavy atom. The van der Waals surface area contributed by atoms with Gasteiger partial charge in [-0.3, -0.25) is 14.8 Å². The third-order valence-electron chi connectivity index (χ3n) is 6.70. The van der Waals surface area contributed by atoms with E-state index in [9.17, 15) is 17.8 Å². The highest BCUT2D eigenvalue weighted by Gasteiger charge is 2.35. The number of benzene rings is 2. The average molecular weight is 501 g/mol. The van der Waals surface area contributed by atoms with Crippen molar-refractivity contribution in [3.8, 4) is 5.75 Å². The minimum absolute atomic E-state index is 0.0606. The number of amides is 1. The van der Waals surface area contributed by atoms with Crippen LogP contribution in [0.3, 0.4) is 0 Å². The zero-order chi connectivity index (χ0) is 25.0. The van der Waals surface area contributed by atoms with Crippen LogP contribution < -0.4 is 15.4 Å². The zero-order valence-electron chi connectivity index (χ0n) is 19.6. The summed E-state index contributed by atoms with van der Waals surface area (Å²) in [4.78, 5) is 17.4. The topological polar surface area (TPSA) is 137 Å². The molecule has 1 fully saturated rings. The standard InChI is InChI=1S/C25H32N4O5S/c26-24(27)19-8-6-7-18(17-19)23-25(30)29(21-9-2-3-10-22(21)34-23)14-5-1-4-13-28-15-11-20(12-16-28)35(31,32)33/h2-3,6-10,17,20,23H,1,4-5,11-16H2,(H3,26,27)(H,31,32,33). The summed E-state index contributed by atoms with van der Waals surface area (Å²) >= 11 is 0. The summed E-state index contributed by atoms with van der Waals surface area (Å²) in [7, 11) is -3.94. The molecule has 2 aliphatic rings. The number of fused-ring (bicyclic) bond motifs is 1. The highest BCUT2D eigenvalue weighted by molar-refractivity contribution is 7.86. The number of carbonyl (C=O) groups excluding carboxylic acids is 1. The van der Waals surface area contributed by atoms with Crippen LogP contribution in [0.2, 0.25) is 0 Å². The van der Waals surface area contributed by atoms with Crippen LogP contribution in [-0.2, 0) is 14.9 Å². The van der Waals surface area contributed by atoms with Crippen molar-refractivity contribution in [2.45, 2.75) is 43.5 Å². The molecule has 1 saturated heterocycles. The number of ether oxygens (including phenoxy) is 1. The maximum Gasteiger partial charge on any atom is 0.272 e. The minimum Gasteiger partial charge on any atom is -0.474 e. The first kappa shape index (κ1) is 25.2. The zero-order valence-corrected chi connectivity index (χ0v) is 20.4. The molecule has 2 aromatic carbocycles. The summed E-state index contributed by atoms with van der Waals surface area (Å²) in [5.74, 6) is 0.443. The molecule has 2 aromatic rings. The molecule has 1 amide bonds. The Bertz CT molecular complexity index is 1180. The van der Waals surface area contributed by atoms with E-state index < -0.39 is 21.5 Å². The van der Waals surface area contributed by atoms with E-state index in [0.717, 1.165) is 31.5 Å². The van der Waals surface area contributed by atoms with E-state index in [0.29, 0.717) is 49.4 Å². The molecule has 0 saturated carbocycles. The smallest absolute Gasteiger partial charge is 0.272 e. The lowest BCUT2D eigenvalue weighted by Gasteiger charge is -2.35. The number of unbranched alkanes of at least 4 members (excludes halogenated alkanes) is 2. The van der Waals surface area contributed by atoms with E-state index >= 15 is 0 Å². The Labute approximate surface area is 206 Å². The normalized spacial score (nSPS) is 19.3. The van der Waals surface area contributed by atoms with Crippen molar-refractivity contribution in [1.29, 1.82) is 5.41 Å². The van der Waals surface area contributed by atoms with Crippen LogP contribution in [-0.4, -0.2) is 61.0 Å². The van der Waals surface area contributed by atoms with Crippen LogP contribution in [0.5, 0.6) is 5.75 Å². The molecule has 2 heterocycles. The number of hydrogen-bond donors (Lipinski definition) is 3. The number of piperidine rings is 1. The molecule has 188 valence electrons. The van der Waals surface area contributed by atoms with Gasteiger partial charge in [0.15, 0.2) is 0 Å². The molecule has 1 unspecified atom stereocenters. The molecule has 1 atom stereocenters. The number of likely N-dealkylation sites (tertiary alicyclic amines) is 1. The van der Waals surface area contributed by atoms with Crippen molar-refractivity contribution >= 4 is 27.5 Å². The molecule has 2 aliphatic heterocycles. The maximum absolute atomic E-state index is 13.4. The lowest BCUT2D eigenvalue weighted by molar-refractivity contribution is -0.126. The number of hydrogen-bond acceptors (Lipinski definition) is 6. The Hall–Kier alpha value is -2.95. The number of nitrogens with one attached hydrogen (secondary N) is 1. The van der Waals surface area contributed by atoms with E-state index in [1.54, 1.807) is 23.1 Å². The second-order valence-corrected chi connectivity index (χ2v) is 10.8. The van der Waals surface area contributed by atoms with E-state index in [2.05, 4.69) is 4.90 Å². The van der Waals surface area contributed by atoms with Gasteiger partial charge in [0.2, 0.25) is 6.10 Å². The van der Waals surface area contributed by atoms with Crippen LogP contribution in [0, 0.1) is 5.41 Å². The number of para-hydroxylation sites is 2. The molecule has 0 spiro atoms. The van der Waals surface area contributed by atoms with Crippen molar-refractivity contribution in [2.75, 3.05) is 31.1 Å². The van der Waals surface area contributed by atoms with Gasteiger partial charge in [-0.2, -0.15) is 8.42 Å². The first-order valence-electron chi connectivity index (χ1n) is 11.9. The summed E-state index contributed by atoms with van der Waals surface area (Å²) in [5, 5.41) is 7.05. The predicted octanol–water partition coefficient (Wildman–Crippen LogP) is 2.96. The summed E-state index contributed by atoms with van der Waals surface area (Å²) < 4.78 is 37.9. The molecule has 35 heavy (non-hydrogen) atoms. The molecule has 0 aliphatic carbocycles. The molecular weight excluding hydrogens is 468 g/mol. The number of nitrogen functional groups attached to an aromatic ring is 1. The van der Waals surface area contributed by atoms with E-state index in [1.807, 2.05) is 30.3 Å². The van der Waals surface area contributed by atoms with Gasteiger partial charge in [0.1, 0.15) is 11.6 Å². The van der Waals surface area contributed by atoms with E-state index in [-0.39, 0.29) is 11.7 Å². The molecule has 0 bridgehead atoms. The molecule has 0 radical (unpaired) electrons. The van der Waals surface area contributed by atoms with Gasteiger partial charge in [0.25, 0.3) is 16.0 Å². The molecule has 4 rings (SSSR count). The van der Waals surface area contributed by atoms with Crippen molar-refractivity contribution in [3.05, 3.63) is 59.7 Å². The van der Waals surface area contributed by atoms with Crippen LogP contribution in [0.4, 0.5) is 5.69 Å². The van der Waals surface area contributed by atoms with Crippen LogP contribution in [0.15, 0.2) is 48.5 Å².